The number of benzene rings is 2. The minimum atomic E-state index is -1.16. The Kier molecular flexibility index (Phi) is 6.81. The average Bonchev–Trinajstić information content (AvgIpc) is 3.12. The van der Waals surface area contributed by atoms with E-state index in [4.69, 9.17) is 14.2 Å². The maximum absolute atomic E-state index is 12.8. The summed E-state index contributed by atoms with van der Waals surface area (Å²) in [4.78, 5) is 37.2. The molecule has 3 rings (SSSR count). The predicted molar refractivity (Wildman–Crippen MR) is 106 cm³/mol. The lowest BCUT2D eigenvalue weighted by Crippen LogP contribution is -2.43. The fourth-order valence-electron chi connectivity index (χ4n) is 3.54. The number of aromatic carboxylic acids is 1. The van der Waals surface area contributed by atoms with E-state index in [2.05, 4.69) is 5.32 Å². The molecule has 158 valence electrons. The maximum atomic E-state index is 12.8. The van der Waals surface area contributed by atoms with Crippen LogP contribution in [0.25, 0.3) is 0 Å². The highest BCUT2D eigenvalue weighted by Gasteiger charge is 2.52. The fourth-order valence-corrected chi connectivity index (χ4v) is 3.54. The van der Waals surface area contributed by atoms with Crippen LogP contribution in [0, 0.1) is 0 Å². The van der Waals surface area contributed by atoms with Crippen molar-refractivity contribution in [3.63, 3.8) is 0 Å². The Morgan fingerprint density at radius 3 is 2.37 bits per heavy atom. The smallest absolute Gasteiger partial charge is 0.338 e. The van der Waals surface area contributed by atoms with Crippen LogP contribution in [0.15, 0.2) is 54.6 Å². The van der Waals surface area contributed by atoms with E-state index < -0.39 is 42.3 Å². The lowest BCUT2D eigenvalue weighted by Gasteiger charge is -2.25. The van der Waals surface area contributed by atoms with Crippen LogP contribution in [-0.2, 0) is 19.0 Å². The van der Waals surface area contributed by atoms with Crippen molar-refractivity contribution in [2.45, 2.75) is 31.3 Å². The van der Waals surface area contributed by atoms with Gasteiger partial charge in [0, 0.05) is 13.7 Å². The summed E-state index contributed by atoms with van der Waals surface area (Å²) < 4.78 is 16.9. The monoisotopic (exact) mass is 413 g/mol. The van der Waals surface area contributed by atoms with Crippen LogP contribution in [-0.4, -0.2) is 55.1 Å². The lowest BCUT2D eigenvalue weighted by atomic mass is 9.88. The zero-order valence-corrected chi connectivity index (χ0v) is 16.6. The number of amides is 1. The molecule has 1 saturated heterocycles. The summed E-state index contributed by atoms with van der Waals surface area (Å²) >= 11 is 0. The lowest BCUT2D eigenvalue weighted by molar-refractivity contribution is -0.152. The first-order valence-electron chi connectivity index (χ1n) is 9.52. The van der Waals surface area contributed by atoms with Crippen molar-refractivity contribution in [1.82, 2.24) is 5.32 Å². The third-order valence-corrected chi connectivity index (χ3v) is 4.87. The van der Waals surface area contributed by atoms with Gasteiger partial charge in [0.25, 0.3) is 5.91 Å². The van der Waals surface area contributed by atoms with Gasteiger partial charge in [0.15, 0.2) is 12.4 Å². The number of esters is 1. The van der Waals surface area contributed by atoms with Gasteiger partial charge in [0.2, 0.25) is 0 Å². The molecule has 2 aromatic carbocycles. The third-order valence-electron chi connectivity index (χ3n) is 4.87. The van der Waals surface area contributed by atoms with E-state index in [1.165, 1.54) is 13.2 Å². The molecule has 1 aliphatic rings. The Hall–Kier alpha value is -3.23. The summed E-state index contributed by atoms with van der Waals surface area (Å²) in [6, 6.07) is 14.6. The van der Waals surface area contributed by atoms with Crippen molar-refractivity contribution in [1.29, 1.82) is 0 Å². The highest BCUT2D eigenvalue weighted by molar-refractivity contribution is 5.91. The van der Waals surface area contributed by atoms with Crippen molar-refractivity contribution >= 4 is 17.8 Å². The number of methoxy groups -OCH3 is 1. The van der Waals surface area contributed by atoms with E-state index >= 15 is 0 Å². The Morgan fingerprint density at radius 1 is 1.07 bits per heavy atom. The van der Waals surface area contributed by atoms with Gasteiger partial charge >= 0.3 is 11.9 Å². The molecule has 1 aliphatic heterocycles. The van der Waals surface area contributed by atoms with Crippen molar-refractivity contribution in [2.24, 2.45) is 0 Å². The molecule has 0 aliphatic carbocycles. The molecule has 2 N–H and O–H groups in total. The van der Waals surface area contributed by atoms with E-state index in [9.17, 15) is 19.5 Å². The summed E-state index contributed by atoms with van der Waals surface area (Å²) in [5.74, 6) is -3.08. The molecule has 0 unspecified atom stereocenters. The number of hydrogen-bond acceptors (Lipinski definition) is 6. The summed E-state index contributed by atoms with van der Waals surface area (Å²) in [5, 5.41) is 12.3. The molecule has 8 heteroatoms. The van der Waals surface area contributed by atoms with Crippen LogP contribution in [0.4, 0.5) is 0 Å². The van der Waals surface area contributed by atoms with Gasteiger partial charge in [-0.1, -0.05) is 36.4 Å². The van der Waals surface area contributed by atoms with Crippen LogP contribution in [0.2, 0.25) is 0 Å². The van der Waals surface area contributed by atoms with Crippen LogP contribution in [0.1, 0.15) is 39.1 Å². The van der Waals surface area contributed by atoms with Crippen LogP contribution in [0.5, 0.6) is 0 Å². The van der Waals surface area contributed by atoms with Gasteiger partial charge < -0.3 is 24.6 Å². The molecular weight excluding hydrogens is 390 g/mol. The molecule has 1 fully saturated rings. The fraction of sp³-hybridized carbons (Fsp3) is 0.318. The van der Waals surface area contributed by atoms with Crippen molar-refractivity contribution in [2.75, 3.05) is 13.7 Å². The first-order chi connectivity index (χ1) is 14.5. The SMILES string of the molecule is CCNC(=O)[C@H]1O[C@@H](OC)[C@H](c2ccccc2C(=O)O)[C@H]1OC(=O)c1ccccc1. The Bertz CT molecular complexity index is 915. The topological polar surface area (TPSA) is 111 Å². The Morgan fingerprint density at radius 2 is 1.73 bits per heavy atom. The molecule has 1 amide bonds. The molecule has 30 heavy (non-hydrogen) atoms. The number of rotatable bonds is 7. The van der Waals surface area contributed by atoms with Gasteiger partial charge in [0.05, 0.1) is 17.0 Å². The number of hydrogen-bond donors (Lipinski definition) is 2. The molecule has 0 aromatic heterocycles. The summed E-state index contributed by atoms with van der Waals surface area (Å²) in [5.41, 5.74) is 0.679. The molecule has 0 spiro atoms. The first kappa shape index (κ1) is 21.5. The molecule has 0 radical (unpaired) electrons. The minimum Gasteiger partial charge on any atom is -0.478 e. The second-order valence-electron chi connectivity index (χ2n) is 6.71. The van der Waals surface area contributed by atoms with E-state index in [0.717, 1.165) is 0 Å². The molecule has 8 nitrogen and oxygen atoms in total. The minimum absolute atomic E-state index is 0.0189. The summed E-state index contributed by atoms with van der Waals surface area (Å²) in [6.45, 7) is 2.11. The summed E-state index contributed by atoms with van der Waals surface area (Å²) in [6.07, 6.45) is -3.23. The van der Waals surface area contributed by atoms with Crippen LogP contribution >= 0.6 is 0 Å². The predicted octanol–water partition coefficient (Wildman–Crippen LogP) is 2.20. The second kappa shape index (κ2) is 9.51. The van der Waals surface area contributed by atoms with Gasteiger partial charge in [-0.25, -0.2) is 9.59 Å². The van der Waals surface area contributed by atoms with E-state index in [1.54, 1.807) is 55.5 Å². The number of carboxylic acid groups (broad SMARTS) is 1. The Labute approximate surface area is 173 Å². The average molecular weight is 413 g/mol. The van der Waals surface area contributed by atoms with Crippen LogP contribution < -0.4 is 5.32 Å². The van der Waals surface area contributed by atoms with Gasteiger partial charge in [-0.05, 0) is 30.7 Å². The standard InChI is InChI=1S/C22H23NO7/c1-3-23-19(24)18-17(29-21(27)13-9-5-4-6-10-13)16(22(28-2)30-18)14-11-7-8-12-15(14)20(25)26/h4-12,16-18,22H,3H2,1-2H3,(H,23,24)(H,25,26)/t16-,17-,18+,22-/m1/s1. The first-order valence-corrected chi connectivity index (χ1v) is 9.52. The van der Waals surface area contributed by atoms with Gasteiger partial charge in [-0.2, -0.15) is 0 Å². The molecule has 4 atom stereocenters. The van der Waals surface area contributed by atoms with E-state index in [0.29, 0.717) is 17.7 Å². The van der Waals surface area contributed by atoms with E-state index in [1.807, 2.05) is 0 Å². The number of ether oxygens (including phenoxy) is 3. The Balaban J connectivity index is 2.03. The third kappa shape index (κ3) is 4.34. The number of carbonyl (C=O) groups excluding carboxylic acids is 2. The van der Waals surface area contributed by atoms with Gasteiger partial charge in [-0.3, -0.25) is 4.79 Å². The number of nitrogens with one attached hydrogen (secondary N) is 1. The van der Waals surface area contributed by atoms with Crippen molar-refractivity contribution in [3.8, 4) is 0 Å². The summed E-state index contributed by atoms with van der Waals surface area (Å²) in [7, 11) is 1.39. The highest BCUT2D eigenvalue weighted by atomic mass is 16.7. The van der Waals surface area contributed by atoms with Gasteiger partial charge in [0.1, 0.15) is 6.10 Å². The molecule has 2 aromatic rings. The second-order valence-corrected chi connectivity index (χ2v) is 6.71. The van der Waals surface area contributed by atoms with Crippen molar-refractivity contribution in [3.05, 3.63) is 71.3 Å². The molecule has 0 bridgehead atoms. The maximum Gasteiger partial charge on any atom is 0.338 e. The largest absolute Gasteiger partial charge is 0.478 e. The van der Waals surface area contributed by atoms with Gasteiger partial charge in [-0.15, -0.1) is 0 Å². The van der Waals surface area contributed by atoms with E-state index in [-0.39, 0.29) is 5.56 Å². The van der Waals surface area contributed by atoms with Crippen LogP contribution in [0.3, 0.4) is 0 Å². The molecular formula is C22H23NO7. The van der Waals surface area contributed by atoms with Crippen molar-refractivity contribution < 1.29 is 33.7 Å². The highest BCUT2D eigenvalue weighted by Crippen LogP contribution is 2.40. The number of likely N-dealkylation sites (N-methyl/N-ethyl adjacent to an activating group) is 1. The zero-order chi connectivity index (χ0) is 21.7. The normalized spacial score (nSPS) is 23.0. The zero-order valence-electron chi connectivity index (χ0n) is 16.6. The number of carboxylic acids is 1. The number of carbonyl (C=O) groups is 3. The molecule has 0 saturated carbocycles. The molecule has 1 heterocycles. The quantitative estimate of drug-likeness (QED) is 0.670.